The zero-order valence-electron chi connectivity index (χ0n) is 9.23. The van der Waals surface area contributed by atoms with E-state index in [2.05, 4.69) is 10.2 Å². The molecule has 0 saturated carbocycles. The van der Waals surface area contributed by atoms with Gasteiger partial charge in [-0.05, 0) is 18.2 Å². The Labute approximate surface area is 110 Å². The topological polar surface area (TPSA) is 100 Å². The normalized spacial score (nSPS) is 13.8. The van der Waals surface area contributed by atoms with Gasteiger partial charge in [-0.3, -0.25) is 9.59 Å². The minimum absolute atomic E-state index is 0.0426. The molecule has 94 valence electrons. The van der Waals surface area contributed by atoms with Crippen LogP contribution in [0.1, 0.15) is 31.1 Å². The molecule has 0 unspecified atom stereocenters. The highest BCUT2D eigenvalue weighted by Crippen LogP contribution is 2.29. The highest BCUT2D eigenvalue weighted by Gasteiger charge is 2.38. The number of amides is 2. The number of aromatic nitrogens is 2. The Morgan fingerprint density at radius 3 is 2.58 bits per heavy atom. The fourth-order valence-corrected chi connectivity index (χ4v) is 2.37. The summed E-state index contributed by atoms with van der Waals surface area (Å²) in [6, 6.07) is 3.81. The van der Waals surface area contributed by atoms with E-state index in [0.29, 0.717) is 0 Å². The van der Waals surface area contributed by atoms with Crippen molar-refractivity contribution in [2.45, 2.75) is 0 Å². The summed E-state index contributed by atoms with van der Waals surface area (Å²) >= 11 is 1.05. The molecular weight excluding hydrogens is 270 g/mol. The van der Waals surface area contributed by atoms with Crippen molar-refractivity contribution >= 4 is 34.3 Å². The van der Waals surface area contributed by atoms with Gasteiger partial charge in [0.2, 0.25) is 5.13 Å². The average molecular weight is 275 g/mol. The van der Waals surface area contributed by atoms with Crippen molar-refractivity contribution in [1.29, 1.82) is 0 Å². The SMILES string of the molecule is O=C(O)c1ccc2c(c1)C(=O)N(c1nncs1)C2=O. The number of rotatable bonds is 2. The predicted molar refractivity (Wildman–Crippen MR) is 64.5 cm³/mol. The maximum absolute atomic E-state index is 12.1. The van der Waals surface area contributed by atoms with Gasteiger partial charge in [-0.2, -0.15) is 0 Å². The van der Waals surface area contributed by atoms with Gasteiger partial charge in [0.25, 0.3) is 11.8 Å². The number of hydrogen-bond acceptors (Lipinski definition) is 6. The zero-order chi connectivity index (χ0) is 13.6. The van der Waals surface area contributed by atoms with Crippen molar-refractivity contribution in [3.8, 4) is 0 Å². The molecular formula is C11H5N3O4S. The van der Waals surface area contributed by atoms with E-state index < -0.39 is 17.8 Å². The van der Waals surface area contributed by atoms with Gasteiger partial charge >= 0.3 is 5.97 Å². The fraction of sp³-hybridized carbons (Fsp3) is 0. The van der Waals surface area contributed by atoms with Gasteiger partial charge in [0.15, 0.2) is 0 Å². The van der Waals surface area contributed by atoms with E-state index in [0.717, 1.165) is 16.2 Å². The van der Waals surface area contributed by atoms with Crippen LogP contribution in [0.25, 0.3) is 0 Å². The van der Waals surface area contributed by atoms with Crippen LogP contribution < -0.4 is 4.90 Å². The van der Waals surface area contributed by atoms with Gasteiger partial charge in [0, 0.05) is 0 Å². The number of carboxylic acid groups (broad SMARTS) is 1. The Bertz CT molecular complexity index is 711. The fourth-order valence-electron chi connectivity index (χ4n) is 1.81. The molecule has 0 bridgehead atoms. The van der Waals surface area contributed by atoms with Crippen LogP contribution in [0.15, 0.2) is 23.7 Å². The molecule has 7 nitrogen and oxygen atoms in total. The largest absolute Gasteiger partial charge is 0.478 e. The van der Waals surface area contributed by atoms with E-state index >= 15 is 0 Å². The second-order valence-corrected chi connectivity index (χ2v) is 4.54. The third-order valence-electron chi connectivity index (χ3n) is 2.67. The summed E-state index contributed by atoms with van der Waals surface area (Å²) < 4.78 is 0. The van der Waals surface area contributed by atoms with E-state index in [1.165, 1.54) is 23.7 Å². The summed E-state index contributed by atoms with van der Waals surface area (Å²) in [4.78, 5) is 36.0. The molecule has 0 saturated heterocycles. The third-order valence-corrected chi connectivity index (χ3v) is 3.35. The number of anilines is 1. The molecule has 19 heavy (non-hydrogen) atoms. The van der Waals surface area contributed by atoms with Gasteiger partial charge in [-0.1, -0.05) is 11.3 Å². The lowest BCUT2D eigenvalue weighted by atomic mass is 10.1. The summed E-state index contributed by atoms with van der Waals surface area (Å²) in [6.45, 7) is 0. The number of fused-ring (bicyclic) bond motifs is 1. The van der Waals surface area contributed by atoms with E-state index in [9.17, 15) is 14.4 Å². The van der Waals surface area contributed by atoms with Crippen molar-refractivity contribution in [3.05, 3.63) is 40.4 Å². The summed E-state index contributed by atoms with van der Waals surface area (Å²) in [7, 11) is 0. The first-order valence-corrected chi connectivity index (χ1v) is 6.00. The molecule has 2 amide bonds. The zero-order valence-corrected chi connectivity index (χ0v) is 10.0. The Morgan fingerprint density at radius 1 is 1.21 bits per heavy atom. The van der Waals surface area contributed by atoms with E-state index in [-0.39, 0.29) is 21.8 Å². The minimum atomic E-state index is -1.16. The van der Waals surface area contributed by atoms with Crippen LogP contribution in [0.4, 0.5) is 5.13 Å². The predicted octanol–water partition coefficient (Wildman–Crippen LogP) is 1.04. The monoisotopic (exact) mass is 275 g/mol. The Balaban J connectivity index is 2.12. The van der Waals surface area contributed by atoms with Crippen LogP contribution in [0, 0.1) is 0 Å². The Hall–Kier alpha value is -2.61. The lowest BCUT2D eigenvalue weighted by molar-refractivity contribution is 0.0696. The number of aromatic carboxylic acids is 1. The first-order valence-electron chi connectivity index (χ1n) is 5.12. The molecule has 3 rings (SSSR count). The van der Waals surface area contributed by atoms with Crippen LogP contribution in [0.3, 0.4) is 0 Å². The average Bonchev–Trinajstić information content (AvgIpc) is 2.98. The van der Waals surface area contributed by atoms with E-state index in [1.807, 2.05) is 0 Å². The van der Waals surface area contributed by atoms with E-state index in [4.69, 9.17) is 5.11 Å². The number of nitrogens with zero attached hydrogens (tertiary/aromatic N) is 3. The van der Waals surface area contributed by atoms with Crippen molar-refractivity contribution in [2.24, 2.45) is 0 Å². The standard InChI is InChI=1S/C11H5N3O4S/c15-8-6-2-1-5(10(17)18)3-7(6)9(16)14(8)11-13-12-4-19-11/h1-4H,(H,17,18). The van der Waals surface area contributed by atoms with Gasteiger partial charge < -0.3 is 5.11 Å². The third kappa shape index (κ3) is 1.61. The smallest absolute Gasteiger partial charge is 0.335 e. The second-order valence-electron chi connectivity index (χ2n) is 3.73. The molecule has 1 aliphatic rings. The summed E-state index contributed by atoms with van der Waals surface area (Å²) in [5, 5.41) is 16.3. The van der Waals surface area contributed by atoms with Crippen LogP contribution in [-0.4, -0.2) is 33.1 Å². The number of imide groups is 1. The molecule has 2 heterocycles. The molecule has 0 aliphatic carbocycles. The molecule has 0 spiro atoms. The molecule has 1 N–H and O–H groups in total. The van der Waals surface area contributed by atoms with Gasteiger partial charge in [0.1, 0.15) is 5.51 Å². The van der Waals surface area contributed by atoms with Crippen LogP contribution in [0.5, 0.6) is 0 Å². The van der Waals surface area contributed by atoms with Crippen LogP contribution >= 0.6 is 11.3 Å². The second kappa shape index (κ2) is 3.95. The summed E-state index contributed by atoms with van der Waals surface area (Å²) in [5.41, 5.74) is 1.60. The quantitative estimate of drug-likeness (QED) is 0.822. The number of hydrogen-bond donors (Lipinski definition) is 1. The van der Waals surface area contributed by atoms with Gasteiger partial charge in [0.05, 0.1) is 16.7 Å². The minimum Gasteiger partial charge on any atom is -0.478 e. The Morgan fingerprint density at radius 2 is 1.95 bits per heavy atom. The van der Waals surface area contributed by atoms with Crippen molar-refractivity contribution in [1.82, 2.24) is 10.2 Å². The van der Waals surface area contributed by atoms with Gasteiger partial charge in [-0.25, -0.2) is 9.69 Å². The number of carbonyl (C=O) groups excluding carboxylic acids is 2. The van der Waals surface area contributed by atoms with Crippen molar-refractivity contribution < 1.29 is 19.5 Å². The van der Waals surface area contributed by atoms with Crippen molar-refractivity contribution in [2.75, 3.05) is 4.90 Å². The molecule has 1 aromatic heterocycles. The first kappa shape index (κ1) is 11.5. The van der Waals surface area contributed by atoms with Crippen LogP contribution in [0.2, 0.25) is 0 Å². The van der Waals surface area contributed by atoms with Crippen LogP contribution in [-0.2, 0) is 0 Å². The maximum atomic E-state index is 12.1. The highest BCUT2D eigenvalue weighted by molar-refractivity contribution is 7.13. The first-order chi connectivity index (χ1) is 9.09. The molecule has 2 aromatic rings. The van der Waals surface area contributed by atoms with E-state index in [1.54, 1.807) is 0 Å². The maximum Gasteiger partial charge on any atom is 0.335 e. The lowest BCUT2D eigenvalue weighted by Gasteiger charge is -2.07. The molecule has 1 aliphatic heterocycles. The summed E-state index contributed by atoms with van der Waals surface area (Å²) in [6.07, 6.45) is 0. The number of benzene rings is 1. The number of carboxylic acids is 1. The molecule has 8 heteroatoms. The Kier molecular flexibility index (Phi) is 2.39. The molecule has 0 radical (unpaired) electrons. The molecule has 0 atom stereocenters. The van der Waals surface area contributed by atoms with Gasteiger partial charge in [-0.15, -0.1) is 10.2 Å². The molecule has 0 fully saturated rings. The molecule has 1 aromatic carbocycles. The highest BCUT2D eigenvalue weighted by atomic mass is 32.1. The van der Waals surface area contributed by atoms with Crippen molar-refractivity contribution in [3.63, 3.8) is 0 Å². The summed E-state index contributed by atoms with van der Waals surface area (Å²) in [5.74, 6) is -2.26. The number of carbonyl (C=O) groups is 3. The lowest BCUT2D eigenvalue weighted by Crippen LogP contribution is -2.29.